The lowest BCUT2D eigenvalue weighted by Crippen LogP contribution is -2.50. The number of rotatable bonds is 4. The standard InChI is InChI=1S/C17H24N4O3S2/c1-5-20-11-16(13(3)18-20)26(23,24)21-8-6-19(7-9-21)17(22)15-10-12(2)14(4)25-15/h10-11H,5-9H2,1-4H3. The summed E-state index contributed by atoms with van der Waals surface area (Å²) in [5, 5.41) is 4.23. The van der Waals surface area contributed by atoms with E-state index in [-0.39, 0.29) is 10.8 Å². The molecule has 0 aliphatic carbocycles. The second kappa shape index (κ2) is 7.13. The third-order valence-electron chi connectivity index (χ3n) is 4.75. The molecule has 0 spiro atoms. The van der Waals surface area contributed by atoms with Crippen LogP contribution in [0.1, 0.15) is 32.7 Å². The zero-order chi connectivity index (χ0) is 19.1. The first kappa shape index (κ1) is 19.1. The van der Waals surface area contributed by atoms with E-state index in [0.717, 1.165) is 15.3 Å². The van der Waals surface area contributed by atoms with Gasteiger partial charge < -0.3 is 4.90 Å². The molecule has 1 aliphatic heterocycles. The highest BCUT2D eigenvalue weighted by Crippen LogP contribution is 2.24. The molecule has 0 saturated carbocycles. The smallest absolute Gasteiger partial charge is 0.264 e. The van der Waals surface area contributed by atoms with Crippen molar-refractivity contribution in [3.05, 3.63) is 33.3 Å². The maximum absolute atomic E-state index is 12.9. The van der Waals surface area contributed by atoms with Crippen molar-refractivity contribution in [3.63, 3.8) is 0 Å². The van der Waals surface area contributed by atoms with Crippen molar-refractivity contribution in [1.29, 1.82) is 0 Å². The molecule has 3 rings (SSSR count). The van der Waals surface area contributed by atoms with Gasteiger partial charge in [-0.25, -0.2) is 8.42 Å². The minimum atomic E-state index is -3.58. The zero-order valence-electron chi connectivity index (χ0n) is 15.5. The molecular formula is C17H24N4O3S2. The number of hydrogen-bond donors (Lipinski definition) is 0. The molecule has 0 radical (unpaired) electrons. The molecule has 0 N–H and O–H groups in total. The van der Waals surface area contributed by atoms with Gasteiger partial charge in [0.25, 0.3) is 5.91 Å². The molecule has 0 aromatic carbocycles. The van der Waals surface area contributed by atoms with Crippen molar-refractivity contribution >= 4 is 27.3 Å². The monoisotopic (exact) mass is 396 g/mol. The second-order valence-corrected chi connectivity index (χ2v) is 9.64. The number of nitrogens with zero attached hydrogens (tertiary/aromatic N) is 4. The van der Waals surface area contributed by atoms with E-state index in [1.807, 2.05) is 26.8 Å². The third kappa shape index (κ3) is 3.43. The number of thiophene rings is 1. The Bertz CT molecular complexity index is 902. The van der Waals surface area contributed by atoms with E-state index in [1.54, 1.807) is 22.7 Å². The number of sulfonamides is 1. The lowest BCUT2D eigenvalue weighted by Gasteiger charge is -2.33. The van der Waals surface area contributed by atoms with E-state index >= 15 is 0 Å². The van der Waals surface area contributed by atoms with Gasteiger partial charge in [0.05, 0.1) is 10.6 Å². The Labute approximate surface area is 158 Å². The van der Waals surface area contributed by atoms with Crippen LogP contribution < -0.4 is 0 Å². The molecule has 1 amide bonds. The van der Waals surface area contributed by atoms with Gasteiger partial charge in [-0.05, 0) is 39.3 Å². The van der Waals surface area contributed by atoms with Crippen LogP contribution in [0.25, 0.3) is 0 Å². The van der Waals surface area contributed by atoms with Crippen molar-refractivity contribution in [2.45, 2.75) is 39.1 Å². The lowest BCUT2D eigenvalue weighted by atomic mass is 10.2. The van der Waals surface area contributed by atoms with E-state index in [2.05, 4.69) is 5.10 Å². The summed E-state index contributed by atoms with van der Waals surface area (Å²) in [6.45, 7) is 9.64. The largest absolute Gasteiger partial charge is 0.335 e. The summed E-state index contributed by atoms with van der Waals surface area (Å²) < 4.78 is 28.9. The van der Waals surface area contributed by atoms with Crippen molar-refractivity contribution in [3.8, 4) is 0 Å². The number of aromatic nitrogens is 2. The maximum atomic E-state index is 12.9. The number of carbonyl (C=O) groups is 1. The van der Waals surface area contributed by atoms with Gasteiger partial charge in [-0.15, -0.1) is 11.3 Å². The van der Waals surface area contributed by atoms with Crippen LogP contribution in [-0.4, -0.2) is 59.5 Å². The highest BCUT2D eigenvalue weighted by molar-refractivity contribution is 7.89. The van der Waals surface area contributed by atoms with Crippen LogP contribution in [0.4, 0.5) is 0 Å². The van der Waals surface area contributed by atoms with Gasteiger partial charge in [0, 0.05) is 43.8 Å². The Morgan fingerprint density at radius 1 is 1.19 bits per heavy atom. The van der Waals surface area contributed by atoms with Gasteiger partial charge in [0.1, 0.15) is 4.90 Å². The first-order valence-corrected chi connectivity index (χ1v) is 10.9. The fraction of sp³-hybridized carbons (Fsp3) is 0.529. The molecule has 3 heterocycles. The summed E-state index contributed by atoms with van der Waals surface area (Å²) in [4.78, 5) is 16.5. The Morgan fingerprint density at radius 3 is 2.35 bits per heavy atom. The highest BCUT2D eigenvalue weighted by Gasteiger charge is 2.32. The highest BCUT2D eigenvalue weighted by atomic mass is 32.2. The molecule has 7 nitrogen and oxygen atoms in total. The third-order valence-corrected chi connectivity index (χ3v) is 7.89. The van der Waals surface area contributed by atoms with Crippen molar-refractivity contribution < 1.29 is 13.2 Å². The van der Waals surface area contributed by atoms with Crippen molar-refractivity contribution in [2.75, 3.05) is 26.2 Å². The van der Waals surface area contributed by atoms with Gasteiger partial charge in [-0.2, -0.15) is 9.40 Å². The summed E-state index contributed by atoms with van der Waals surface area (Å²) in [7, 11) is -3.58. The van der Waals surface area contributed by atoms with E-state index in [0.29, 0.717) is 38.4 Å². The first-order valence-electron chi connectivity index (χ1n) is 8.64. The molecule has 9 heteroatoms. The average Bonchev–Trinajstić information content (AvgIpc) is 3.17. The summed E-state index contributed by atoms with van der Waals surface area (Å²) >= 11 is 1.49. The number of amides is 1. The molecule has 0 atom stereocenters. The fourth-order valence-electron chi connectivity index (χ4n) is 3.02. The van der Waals surface area contributed by atoms with Crippen LogP contribution in [0, 0.1) is 20.8 Å². The molecule has 2 aromatic rings. The van der Waals surface area contributed by atoms with Crippen LogP contribution in [-0.2, 0) is 16.6 Å². The van der Waals surface area contributed by atoms with Crippen LogP contribution >= 0.6 is 11.3 Å². The zero-order valence-corrected chi connectivity index (χ0v) is 17.2. The fourth-order valence-corrected chi connectivity index (χ4v) is 5.61. The summed E-state index contributed by atoms with van der Waals surface area (Å²) in [5.74, 6) is -0.0155. The van der Waals surface area contributed by atoms with E-state index in [4.69, 9.17) is 0 Å². The van der Waals surface area contributed by atoms with Crippen LogP contribution in [0.2, 0.25) is 0 Å². The first-order chi connectivity index (χ1) is 12.2. The minimum absolute atomic E-state index is 0.0155. The van der Waals surface area contributed by atoms with Gasteiger partial charge >= 0.3 is 0 Å². The number of hydrogen-bond acceptors (Lipinski definition) is 5. The van der Waals surface area contributed by atoms with Gasteiger partial charge in [0.15, 0.2) is 0 Å². The molecule has 1 aliphatic rings. The van der Waals surface area contributed by atoms with Crippen LogP contribution in [0.5, 0.6) is 0 Å². The molecule has 1 saturated heterocycles. The van der Waals surface area contributed by atoms with Gasteiger partial charge in [-0.1, -0.05) is 0 Å². The number of carbonyl (C=O) groups excluding carboxylic acids is 1. The SMILES string of the molecule is CCn1cc(S(=O)(=O)N2CCN(C(=O)c3cc(C)c(C)s3)CC2)c(C)n1. The molecular weight excluding hydrogens is 372 g/mol. The molecule has 2 aromatic heterocycles. The number of aryl methyl sites for hydroxylation is 4. The summed E-state index contributed by atoms with van der Waals surface area (Å²) in [6, 6.07) is 1.91. The van der Waals surface area contributed by atoms with Gasteiger partial charge in [-0.3, -0.25) is 9.48 Å². The predicted molar refractivity (Wildman–Crippen MR) is 101 cm³/mol. The minimum Gasteiger partial charge on any atom is -0.335 e. The van der Waals surface area contributed by atoms with E-state index in [1.165, 1.54) is 15.6 Å². The Kier molecular flexibility index (Phi) is 5.23. The normalized spacial score (nSPS) is 16.2. The Morgan fingerprint density at radius 2 is 1.85 bits per heavy atom. The van der Waals surface area contributed by atoms with Crippen molar-refractivity contribution in [2.24, 2.45) is 0 Å². The Balaban J connectivity index is 1.71. The average molecular weight is 397 g/mol. The molecule has 1 fully saturated rings. The molecule has 0 unspecified atom stereocenters. The molecule has 142 valence electrons. The summed E-state index contributed by atoms with van der Waals surface area (Å²) in [5.41, 5.74) is 1.62. The van der Waals surface area contributed by atoms with E-state index < -0.39 is 10.0 Å². The summed E-state index contributed by atoms with van der Waals surface area (Å²) in [6.07, 6.45) is 1.58. The second-order valence-electron chi connectivity index (χ2n) is 6.48. The topological polar surface area (TPSA) is 75.5 Å². The predicted octanol–water partition coefficient (Wildman–Crippen LogP) is 2.04. The molecule has 26 heavy (non-hydrogen) atoms. The lowest BCUT2D eigenvalue weighted by molar-refractivity contribution is 0.0702. The maximum Gasteiger partial charge on any atom is 0.264 e. The Hall–Kier alpha value is -1.71. The number of piperazine rings is 1. The van der Waals surface area contributed by atoms with Gasteiger partial charge in [0.2, 0.25) is 10.0 Å². The molecule has 0 bridgehead atoms. The van der Waals surface area contributed by atoms with E-state index in [9.17, 15) is 13.2 Å². The van der Waals surface area contributed by atoms with Crippen molar-refractivity contribution in [1.82, 2.24) is 19.0 Å². The quantitative estimate of drug-likeness (QED) is 0.793. The van der Waals surface area contributed by atoms with Crippen LogP contribution in [0.3, 0.4) is 0 Å². The van der Waals surface area contributed by atoms with Crippen LogP contribution in [0.15, 0.2) is 17.2 Å².